The molecular weight excluding hydrogens is 310 g/mol. The van der Waals surface area contributed by atoms with Gasteiger partial charge >= 0.3 is 0 Å². The van der Waals surface area contributed by atoms with E-state index < -0.39 is 0 Å². The minimum absolute atomic E-state index is 0.201. The maximum Gasteiger partial charge on any atom is 0.290 e. The zero-order valence-electron chi connectivity index (χ0n) is 11.0. The molecule has 0 aliphatic carbocycles. The first-order chi connectivity index (χ1) is 10.2. The van der Waals surface area contributed by atoms with Crippen LogP contribution in [-0.2, 0) is 13.1 Å². The molecule has 0 aromatic carbocycles. The van der Waals surface area contributed by atoms with Gasteiger partial charge in [-0.25, -0.2) is 0 Å². The number of amides is 1. The van der Waals surface area contributed by atoms with Crippen molar-refractivity contribution in [3.8, 4) is 0 Å². The molecule has 21 heavy (non-hydrogen) atoms. The maximum absolute atomic E-state index is 12.5. The number of nitrogens with zero attached hydrogens (tertiary/aromatic N) is 1. The Bertz CT molecular complexity index is 667. The molecule has 3 rings (SSSR count). The quantitative estimate of drug-likeness (QED) is 0.698. The van der Waals surface area contributed by atoms with Crippen LogP contribution in [0.15, 0.2) is 56.9 Å². The van der Waals surface area contributed by atoms with Crippen LogP contribution in [0, 0.1) is 0 Å². The van der Waals surface area contributed by atoms with Crippen molar-refractivity contribution in [1.82, 2.24) is 4.90 Å². The van der Waals surface area contributed by atoms with Gasteiger partial charge in [-0.05, 0) is 47.3 Å². The highest BCUT2D eigenvalue weighted by atomic mass is 35.5. The topological polar surface area (TPSA) is 46.6 Å². The smallest absolute Gasteiger partial charge is 0.290 e. The standard InChI is InChI=1S/C15H12ClNO3S/c16-14-6-5-13(20-14)15(18)17(9-11-3-1-7-19-11)10-12-4-2-8-21-12/h1-8H,9-10H2. The van der Waals surface area contributed by atoms with Gasteiger partial charge in [-0.1, -0.05) is 6.07 Å². The van der Waals surface area contributed by atoms with Crippen LogP contribution in [0.5, 0.6) is 0 Å². The lowest BCUT2D eigenvalue weighted by Gasteiger charge is -2.19. The Balaban J connectivity index is 1.82. The van der Waals surface area contributed by atoms with E-state index in [0.29, 0.717) is 13.1 Å². The van der Waals surface area contributed by atoms with Crippen molar-refractivity contribution in [2.45, 2.75) is 13.1 Å². The number of furan rings is 2. The Hall–Kier alpha value is -1.98. The summed E-state index contributed by atoms with van der Waals surface area (Å²) in [6.07, 6.45) is 1.59. The van der Waals surface area contributed by atoms with E-state index in [2.05, 4.69) is 0 Å². The molecule has 3 aromatic heterocycles. The van der Waals surface area contributed by atoms with Crippen molar-refractivity contribution >= 4 is 28.8 Å². The molecule has 0 spiro atoms. The number of carbonyl (C=O) groups excluding carboxylic acids is 1. The van der Waals surface area contributed by atoms with Gasteiger partial charge in [0.25, 0.3) is 5.91 Å². The van der Waals surface area contributed by atoms with Crippen molar-refractivity contribution in [2.24, 2.45) is 0 Å². The number of hydrogen-bond donors (Lipinski definition) is 0. The average Bonchev–Trinajstić information content (AvgIpc) is 3.19. The molecule has 0 saturated carbocycles. The molecule has 3 heterocycles. The van der Waals surface area contributed by atoms with Crippen LogP contribution in [-0.4, -0.2) is 10.8 Å². The lowest BCUT2D eigenvalue weighted by atomic mass is 10.3. The fourth-order valence-corrected chi connectivity index (χ4v) is 2.83. The van der Waals surface area contributed by atoms with Gasteiger partial charge in [0.2, 0.25) is 0 Å². The molecule has 108 valence electrons. The second kappa shape index (κ2) is 6.20. The molecule has 0 bridgehead atoms. The Morgan fingerprint density at radius 2 is 2.10 bits per heavy atom. The molecule has 0 atom stereocenters. The summed E-state index contributed by atoms with van der Waals surface area (Å²) in [5.74, 6) is 0.729. The summed E-state index contributed by atoms with van der Waals surface area (Å²) in [5.41, 5.74) is 0. The fourth-order valence-electron chi connectivity index (χ4n) is 1.97. The molecule has 6 heteroatoms. The van der Waals surface area contributed by atoms with Gasteiger partial charge < -0.3 is 13.7 Å². The number of carbonyl (C=O) groups is 1. The van der Waals surface area contributed by atoms with Crippen LogP contribution >= 0.6 is 22.9 Å². The summed E-state index contributed by atoms with van der Waals surface area (Å²) >= 11 is 7.34. The van der Waals surface area contributed by atoms with E-state index in [1.165, 1.54) is 0 Å². The molecule has 0 aliphatic rings. The zero-order valence-corrected chi connectivity index (χ0v) is 12.6. The minimum Gasteiger partial charge on any atom is -0.467 e. The molecule has 0 aliphatic heterocycles. The van der Waals surface area contributed by atoms with Crippen LogP contribution in [0.3, 0.4) is 0 Å². The van der Waals surface area contributed by atoms with E-state index in [9.17, 15) is 4.79 Å². The van der Waals surface area contributed by atoms with Gasteiger partial charge in [0.15, 0.2) is 11.0 Å². The molecule has 0 fully saturated rings. The predicted molar refractivity (Wildman–Crippen MR) is 80.3 cm³/mol. The van der Waals surface area contributed by atoms with Crippen LogP contribution in [0.4, 0.5) is 0 Å². The predicted octanol–water partition coefficient (Wildman–Crippen LogP) is 4.43. The maximum atomic E-state index is 12.5. The number of halogens is 1. The Kier molecular flexibility index (Phi) is 4.13. The Morgan fingerprint density at radius 3 is 2.71 bits per heavy atom. The summed E-state index contributed by atoms with van der Waals surface area (Å²) in [7, 11) is 0. The highest BCUT2D eigenvalue weighted by Gasteiger charge is 2.21. The first-order valence-electron chi connectivity index (χ1n) is 6.32. The third kappa shape index (κ3) is 3.37. The normalized spacial score (nSPS) is 10.7. The summed E-state index contributed by atoms with van der Waals surface area (Å²) in [6.45, 7) is 0.873. The number of thiophene rings is 1. The third-order valence-electron chi connectivity index (χ3n) is 2.92. The molecule has 0 N–H and O–H groups in total. The Labute approximate surface area is 130 Å². The highest BCUT2D eigenvalue weighted by molar-refractivity contribution is 7.09. The lowest BCUT2D eigenvalue weighted by molar-refractivity contribution is 0.0687. The van der Waals surface area contributed by atoms with Gasteiger partial charge in [0.05, 0.1) is 19.4 Å². The number of rotatable bonds is 5. The molecule has 0 unspecified atom stereocenters. The summed E-state index contributed by atoms with van der Waals surface area (Å²) in [5, 5.41) is 2.18. The second-order valence-corrected chi connectivity index (χ2v) is 5.83. The van der Waals surface area contributed by atoms with E-state index in [-0.39, 0.29) is 16.9 Å². The largest absolute Gasteiger partial charge is 0.467 e. The SMILES string of the molecule is O=C(c1ccc(Cl)o1)N(Cc1ccco1)Cc1cccs1. The van der Waals surface area contributed by atoms with Gasteiger partial charge in [0, 0.05) is 4.88 Å². The van der Waals surface area contributed by atoms with Crippen molar-refractivity contribution < 1.29 is 13.6 Å². The molecule has 4 nitrogen and oxygen atoms in total. The minimum atomic E-state index is -0.216. The molecule has 0 radical (unpaired) electrons. The first kappa shape index (κ1) is 14.0. The Morgan fingerprint density at radius 1 is 1.19 bits per heavy atom. The zero-order chi connectivity index (χ0) is 14.7. The summed E-state index contributed by atoms with van der Waals surface area (Å²) < 4.78 is 10.5. The fraction of sp³-hybridized carbons (Fsp3) is 0.133. The summed E-state index contributed by atoms with van der Waals surface area (Å²) in [6, 6.07) is 10.7. The molecule has 0 saturated heterocycles. The number of hydrogen-bond acceptors (Lipinski definition) is 4. The average molecular weight is 322 g/mol. The van der Waals surface area contributed by atoms with Crippen LogP contribution in [0.25, 0.3) is 0 Å². The van der Waals surface area contributed by atoms with Gasteiger partial charge in [-0.15, -0.1) is 11.3 Å². The van der Waals surface area contributed by atoms with E-state index >= 15 is 0 Å². The van der Waals surface area contributed by atoms with Crippen molar-refractivity contribution in [1.29, 1.82) is 0 Å². The van der Waals surface area contributed by atoms with Crippen molar-refractivity contribution in [2.75, 3.05) is 0 Å². The monoisotopic (exact) mass is 321 g/mol. The van der Waals surface area contributed by atoms with Gasteiger partial charge in [0.1, 0.15) is 5.76 Å². The van der Waals surface area contributed by atoms with Gasteiger partial charge in [-0.2, -0.15) is 0 Å². The van der Waals surface area contributed by atoms with Crippen LogP contribution < -0.4 is 0 Å². The van der Waals surface area contributed by atoms with Crippen molar-refractivity contribution in [3.05, 3.63) is 69.7 Å². The van der Waals surface area contributed by atoms with E-state index in [1.54, 1.807) is 40.7 Å². The first-order valence-corrected chi connectivity index (χ1v) is 7.57. The van der Waals surface area contributed by atoms with Crippen molar-refractivity contribution in [3.63, 3.8) is 0 Å². The van der Waals surface area contributed by atoms with Gasteiger partial charge in [-0.3, -0.25) is 4.79 Å². The molecule has 3 aromatic rings. The highest BCUT2D eigenvalue weighted by Crippen LogP contribution is 2.20. The van der Waals surface area contributed by atoms with E-state index in [0.717, 1.165) is 10.6 Å². The van der Waals surface area contributed by atoms with E-state index in [4.69, 9.17) is 20.4 Å². The van der Waals surface area contributed by atoms with E-state index in [1.807, 2.05) is 23.6 Å². The van der Waals surface area contributed by atoms with Crippen LogP contribution in [0.1, 0.15) is 21.2 Å². The lowest BCUT2D eigenvalue weighted by Crippen LogP contribution is -2.29. The second-order valence-electron chi connectivity index (χ2n) is 4.42. The molecule has 1 amide bonds. The molecular formula is C15H12ClNO3S. The third-order valence-corrected chi connectivity index (χ3v) is 3.99. The summed E-state index contributed by atoms with van der Waals surface area (Å²) in [4.78, 5) is 15.3. The van der Waals surface area contributed by atoms with Crippen LogP contribution in [0.2, 0.25) is 5.22 Å².